The minimum absolute atomic E-state index is 0.382. The second-order valence-corrected chi connectivity index (χ2v) is 4.62. The van der Waals surface area contributed by atoms with Crippen molar-refractivity contribution in [2.24, 2.45) is 5.84 Å². The van der Waals surface area contributed by atoms with Crippen molar-refractivity contribution in [1.82, 2.24) is 15.0 Å². The van der Waals surface area contributed by atoms with Gasteiger partial charge in [0, 0.05) is 23.4 Å². The SMILES string of the molecule is COc1ccc(C(NN)c2cnn3ccccc23)c(F)c1. The molecule has 0 aliphatic carbocycles. The highest BCUT2D eigenvalue weighted by atomic mass is 19.1. The lowest BCUT2D eigenvalue weighted by atomic mass is 10.00. The molecule has 0 radical (unpaired) electrons. The van der Waals surface area contributed by atoms with Crippen molar-refractivity contribution in [2.45, 2.75) is 6.04 Å². The molecule has 3 N–H and O–H groups in total. The standard InChI is InChI=1S/C15H15FN4O/c1-21-10-5-6-11(13(16)8-10)15(19-17)12-9-18-20-7-3-2-4-14(12)20/h2-9,15,19H,17H2,1H3. The maximum atomic E-state index is 14.3. The average Bonchev–Trinajstić information content (AvgIpc) is 2.94. The van der Waals surface area contributed by atoms with Crippen molar-refractivity contribution in [2.75, 3.05) is 7.11 Å². The normalized spacial score (nSPS) is 12.5. The molecule has 0 amide bonds. The van der Waals surface area contributed by atoms with Crippen LogP contribution in [0, 0.1) is 5.82 Å². The van der Waals surface area contributed by atoms with Crippen LogP contribution in [0.1, 0.15) is 17.2 Å². The monoisotopic (exact) mass is 286 g/mol. The topological polar surface area (TPSA) is 64.6 Å². The van der Waals surface area contributed by atoms with Gasteiger partial charge in [-0.15, -0.1) is 0 Å². The van der Waals surface area contributed by atoms with Gasteiger partial charge in [-0.2, -0.15) is 5.10 Å². The highest BCUT2D eigenvalue weighted by molar-refractivity contribution is 5.57. The van der Waals surface area contributed by atoms with E-state index in [0.29, 0.717) is 11.3 Å². The Morgan fingerprint density at radius 2 is 2.14 bits per heavy atom. The number of ether oxygens (including phenoxy) is 1. The van der Waals surface area contributed by atoms with E-state index >= 15 is 0 Å². The lowest BCUT2D eigenvalue weighted by Gasteiger charge is -2.16. The van der Waals surface area contributed by atoms with E-state index in [2.05, 4.69) is 10.5 Å². The van der Waals surface area contributed by atoms with E-state index in [-0.39, 0.29) is 5.82 Å². The van der Waals surface area contributed by atoms with Crippen molar-refractivity contribution in [3.8, 4) is 5.75 Å². The molecular formula is C15H15FN4O. The fraction of sp³-hybridized carbons (Fsp3) is 0.133. The number of pyridine rings is 1. The van der Waals surface area contributed by atoms with Crippen LogP contribution in [0.5, 0.6) is 5.75 Å². The lowest BCUT2D eigenvalue weighted by Crippen LogP contribution is -2.29. The molecule has 1 unspecified atom stereocenters. The van der Waals surface area contributed by atoms with Gasteiger partial charge in [0.25, 0.3) is 0 Å². The van der Waals surface area contributed by atoms with Gasteiger partial charge in [0.2, 0.25) is 0 Å². The van der Waals surface area contributed by atoms with Crippen molar-refractivity contribution in [1.29, 1.82) is 0 Å². The first-order chi connectivity index (χ1) is 10.2. The Kier molecular flexibility index (Phi) is 3.55. The van der Waals surface area contributed by atoms with Crippen molar-refractivity contribution < 1.29 is 9.13 Å². The minimum atomic E-state index is -0.490. The van der Waals surface area contributed by atoms with Gasteiger partial charge in [-0.1, -0.05) is 12.1 Å². The molecule has 2 aromatic heterocycles. The molecule has 21 heavy (non-hydrogen) atoms. The number of hydrazine groups is 1. The van der Waals surface area contributed by atoms with Crippen molar-refractivity contribution in [3.63, 3.8) is 0 Å². The van der Waals surface area contributed by atoms with Crippen LogP contribution in [0.2, 0.25) is 0 Å². The van der Waals surface area contributed by atoms with Gasteiger partial charge in [0.1, 0.15) is 11.6 Å². The Hall–Kier alpha value is -2.44. The summed E-state index contributed by atoms with van der Waals surface area (Å²) in [5.41, 5.74) is 4.78. The third-order valence-corrected chi connectivity index (χ3v) is 3.45. The number of methoxy groups -OCH3 is 1. The quantitative estimate of drug-likeness (QED) is 0.569. The van der Waals surface area contributed by atoms with Crippen molar-refractivity contribution in [3.05, 3.63) is 65.7 Å². The van der Waals surface area contributed by atoms with Crippen LogP contribution >= 0.6 is 0 Å². The molecule has 5 nitrogen and oxygen atoms in total. The Balaban J connectivity index is 2.10. The fourth-order valence-corrected chi connectivity index (χ4v) is 2.39. The molecule has 0 bridgehead atoms. The lowest BCUT2D eigenvalue weighted by molar-refractivity contribution is 0.410. The zero-order valence-corrected chi connectivity index (χ0v) is 11.5. The number of benzene rings is 1. The van der Waals surface area contributed by atoms with E-state index in [1.54, 1.807) is 22.8 Å². The number of nitrogens with zero attached hydrogens (tertiary/aromatic N) is 2. The van der Waals surface area contributed by atoms with Gasteiger partial charge >= 0.3 is 0 Å². The summed E-state index contributed by atoms with van der Waals surface area (Å²) >= 11 is 0. The molecule has 6 heteroatoms. The third kappa shape index (κ3) is 2.35. The summed E-state index contributed by atoms with van der Waals surface area (Å²) in [7, 11) is 1.50. The van der Waals surface area contributed by atoms with E-state index in [9.17, 15) is 4.39 Å². The molecule has 108 valence electrons. The van der Waals surface area contributed by atoms with Gasteiger partial charge in [-0.25, -0.2) is 14.3 Å². The first-order valence-electron chi connectivity index (χ1n) is 6.46. The van der Waals surface area contributed by atoms with Gasteiger partial charge in [0.05, 0.1) is 24.9 Å². The fourth-order valence-electron chi connectivity index (χ4n) is 2.39. The molecule has 3 rings (SSSR count). The van der Waals surface area contributed by atoms with E-state index in [1.807, 2.05) is 24.4 Å². The highest BCUT2D eigenvalue weighted by Crippen LogP contribution is 2.28. The molecule has 0 aliphatic rings. The molecule has 3 aromatic rings. The summed E-state index contributed by atoms with van der Waals surface area (Å²) in [6.45, 7) is 0. The number of hydrogen-bond donors (Lipinski definition) is 2. The first kappa shape index (κ1) is 13.5. The van der Waals surface area contributed by atoms with Crippen LogP contribution in [0.3, 0.4) is 0 Å². The zero-order chi connectivity index (χ0) is 14.8. The molecular weight excluding hydrogens is 271 g/mol. The number of hydrogen-bond acceptors (Lipinski definition) is 4. The highest BCUT2D eigenvalue weighted by Gasteiger charge is 2.20. The van der Waals surface area contributed by atoms with Crippen LogP contribution < -0.4 is 16.0 Å². The van der Waals surface area contributed by atoms with Gasteiger partial charge in [-0.05, 0) is 18.2 Å². The summed E-state index contributed by atoms with van der Waals surface area (Å²) in [6, 6.07) is 9.90. The number of rotatable bonds is 4. The van der Waals surface area contributed by atoms with E-state index in [0.717, 1.165) is 11.1 Å². The van der Waals surface area contributed by atoms with Gasteiger partial charge in [0.15, 0.2) is 0 Å². The summed E-state index contributed by atoms with van der Waals surface area (Å²) < 4.78 is 21.0. The van der Waals surface area contributed by atoms with E-state index < -0.39 is 6.04 Å². The van der Waals surface area contributed by atoms with Crippen LogP contribution in [0.15, 0.2) is 48.8 Å². The molecule has 0 aliphatic heterocycles. The molecule has 2 heterocycles. The van der Waals surface area contributed by atoms with E-state index in [4.69, 9.17) is 10.6 Å². The van der Waals surface area contributed by atoms with Crippen molar-refractivity contribution >= 4 is 5.52 Å². The Morgan fingerprint density at radius 1 is 1.29 bits per heavy atom. The molecule has 1 atom stereocenters. The van der Waals surface area contributed by atoms with Crippen LogP contribution in [-0.4, -0.2) is 16.7 Å². The number of nitrogens with one attached hydrogen (secondary N) is 1. The number of nitrogens with two attached hydrogens (primary N) is 1. The molecule has 0 spiro atoms. The smallest absolute Gasteiger partial charge is 0.132 e. The van der Waals surface area contributed by atoms with Gasteiger partial charge in [-0.3, -0.25) is 5.84 Å². The minimum Gasteiger partial charge on any atom is -0.497 e. The molecule has 0 saturated heterocycles. The maximum absolute atomic E-state index is 14.3. The largest absolute Gasteiger partial charge is 0.497 e. The second-order valence-electron chi connectivity index (χ2n) is 4.62. The number of aromatic nitrogens is 2. The Bertz CT molecular complexity index is 771. The number of halogens is 1. The number of fused-ring (bicyclic) bond motifs is 1. The Morgan fingerprint density at radius 3 is 2.86 bits per heavy atom. The van der Waals surface area contributed by atoms with Crippen LogP contribution in [0.25, 0.3) is 5.52 Å². The summed E-state index contributed by atoms with van der Waals surface area (Å²) in [6.07, 6.45) is 3.51. The molecule has 0 fully saturated rings. The first-order valence-corrected chi connectivity index (χ1v) is 6.46. The van der Waals surface area contributed by atoms with Gasteiger partial charge < -0.3 is 4.74 Å². The predicted octanol–water partition coefficient (Wildman–Crippen LogP) is 2.03. The summed E-state index contributed by atoms with van der Waals surface area (Å²) in [4.78, 5) is 0. The predicted molar refractivity (Wildman–Crippen MR) is 77.3 cm³/mol. The third-order valence-electron chi connectivity index (χ3n) is 3.45. The summed E-state index contributed by atoms with van der Waals surface area (Å²) in [5.74, 6) is 5.72. The zero-order valence-electron chi connectivity index (χ0n) is 11.5. The molecule has 1 aromatic carbocycles. The van der Waals surface area contributed by atoms with Crippen LogP contribution in [-0.2, 0) is 0 Å². The molecule has 0 saturated carbocycles. The average molecular weight is 286 g/mol. The van der Waals surface area contributed by atoms with E-state index in [1.165, 1.54) is 13.2 Å². The maximum Gasteiger partial charge on any atom is 0.132 e. The Labute approximate surface area is 121 Å². The second kappa shape index (κ2) is 5.51. The van der Waals surface area contributed by atoms with Crippen LogP contribution in [0.4, 0.5) is 4.39 Å². The summed E-state index contributed by atoms with van der Waals surface area (Å²) in [5, 5.41) is 4.25.